The van der Waals surface area contributed by atoms with Crippen LogP contribution in [0, 0.1) is 6.92 Å². The van der Waals surface area contributed by atoms with Crippen LogP contribution in [0.15, 0.2) is 54.9 Å². The molecule has 2 heterocycles. The first kappa shape index (κ1) is 20.8. The number of methoxy groups -OCH3 is 1. The molecule has 3 aromatic rings. The molecule has 0 aliphatic heterocycles. The van der Waals surface area contributed by atoms with Gasteiger partial charge >= 0.3 is 0 Å². The third kappa shape index (κ3) is 4.90. The van der Waals surface area contributed by atoms with Gasteiger partial charge in [0.1, 0.15) is 5.75 Å². The van der Waals surface area contributed by atoms with E-state index in [0.29, 0.717) is 28.3 Å². The number of carbonyl (C=O) groups excluding carboxylic acids is 1. The van der Waals surface area contributed by atoms with Gasteiger partial charge in [-0.25, -0.2) is 13.1 Å². The van der Waals surface area contributed by atoms with Gasteiger partial charge in [-0.3, -0.25) is 9.78 Å². The standard InChI is InChI=1S/C21H23N3O4S/c1-15-11-18(13-23-29(26,27)14-16-5-4-10-22-12-16)24(2)20(15)21(25)17-6-8-19(28-3)9-7-17/h4-12,23H,13-14H2,1-3H3. The molecule has 29 heavy (non-hydrogen) atoms. The van der Waals surface area contributed by atoms with Crippen molar-refractivity contribution in [1.29, 1.82) is 0 Å². The summed E-state index contributed by atoms with van der Waals surface area (Å²) in [6.45, 7) is 1.93. The molecule has 1 aromatic carbocycles. The average Bonchev–Trinajstić information content (AvgIpc) is 3.00. The average molecular weight is 413 g/mol. The number of aryl methyl sites for hydroxylation is 1. The summed E-state index contributed by atoms with van der Waals surface area (Å²) in [7, 11) is -0.208. The molecule has 0 aliphatic rings. The van der Waals surface area contributed by atoms with E-state index in [1.54, 1.807) is 61.3 Å². The SMILES string of the molecule is COc1ccc(C(=O)c2c(C)cc(CNS(=O)(=O)Cc3cccnc3)n2C)cc1. The number of sulfonamides is 1. The number of ether oxygens (including phenoxy) is 1. The van der Waals surface area contributed by atoms with Crippen molar-refractivity contribution in [2.45, 2.75) is 19.2 Å². The summed E-state index contributed by atoms with van der Waals surface area (Å²) >= 11 is 0. The molecule has 0 radical (unpaired) electrons. The van der Waals surface area contributed by atoms with Gasteiger partial charge in [-0.1, -0.05) is 6.07 Å². The molecule has 8 heteroatoms. The highest BCUT2D eigenvalue weighted by Gasteiger charge is 2.20. The zero-order valence-electron chi connectivity index (χ0n) is 16.5. The maximum Gasteiger partial charge on any atom is 0.216 e. The van der Waals surface area contributed by atoms with E-state index in [-0.39, 0.29) is 18.1 Å². The van der Waals surface area contributed by atoms with E-state index in [0.717, 1.165) is 5.56 Å². The normalized spacial score (nSPS) is 11.4. The van der Waals surface area contributed by atoms with E-state index in [9.17, 15) is 13.2 Å². The molecule has 0 spiro atoms. The lowest BCUT2D eigenvalue weighted by Gasteiger charge is -2.10. The second kappa shape index (κ2) is 8.59. The van der Waals surface area contributed by atoms with Crippen molar-refractivity contribution in [2.24, 2.45) is 7.05 Å². The van der Waals surface area contributed by atoms with Crippen molar-refractivity contribution in [3.8, 4) is 5.75 Å². The summed E-state index contributed by atoms with van der Waals surface area (Å²) in [4.78, 5) is 16.9. The summed E-state index contributed by atoms with van der Waals surface area (Å²) in [6.07, 6.45) is 3.12. The fourth-order valence-corrected chi connectivity index (χ4v) is 4.22. The molecule has 3 rings (SSSR count). The van der Waals surface area contributed by atoms with Crippen molar-refractivity contribution in [2.75, 3.05) is 7.11 Å². The molecule has 0 aliphatic carbocycles. The minimum atomic E-state index is -3.54. The number of hydrogen-bond donors (Lipinski definition) is 1. The number of aromatic nitrogens is 2. The summed E-state index contributed by atoms with van der Waals surface area (Å²) < 4.78 is 34.2. The molecule has 0 amide bonds. The zero-order valence-corrected chi connectivity index (χ0v) is 17.4. The Morgan fingerprint density at radius 1 is 1.21 bits per heavy atom. The van der Waals surface area contributed by atoms with Crippen LogP contribution >= 0.6 is 0 Å². The van der Waals surface area contributed by atoms with E-state index < -0.39 is 10.0 Å². The zero-order chi connectivity index (χ0) is 21.0. The number of pyridine rings is 1. The number of carbonyl (C=O) groups is 1. The number of ketones is 1. The van der Waals surface area contributed by atoms with Crippen molar-refractivity contribution in [1.82, 2.24) is 14.3 Å². The van der Waals surface area contributed by atoms with Crippen LogP contribution in [0.2, 0.25) is 0 Å². The van der Waals surface area contributed by atoms with Crippen LogP contribution in [0.5, 0.6) is 5.75 Å². The first-order chi connectivity index (χ1) is 13.8. The maximum atomic E-state index is 12.9. The van der Waals surface area contributed by atoms with Gasteiger partial charge in [0, 0.05) is 30.7 Å². The smallest absolute Gasteiger partial charge is 0.216 e. The van der Waals surface area contributed by atoms with Crippen LogP contribution in [0.3, 0.4) is 0 Å². The van der Waals surface area contributed by atoms with Crippen molar-refractivity contribution in [3.05, 3.63) is 82.9 Å². The monoisotopic (exact) mass is 413 g/mol. The van der Waals surface area contributed by atoms with Crippen LogP contribution in [0.1, 0.15) is 32.9 Å². The Morgan fingerprint density at radius 3 is 2.55 bits per heavy atom. The first-order valence-electron chi connectivity index (χ1n) is 9.01. The quantitative estimate of drug-likeness (QED) is 0.573. The third-order valence-corrected chi connectivity index (χ3v) is 5.94. The van der Waals surface area contributed by atoms with E-state index in [2.05, 4.69) is 9.71 Å². The Kier molecular flexibility index (Phi) is 6.14. The molecule has 1 N–H and O–H groups in total. The molecular formula is C21H23N3O4S. The molecule has 0 saturated carbocycles. The lowest BCUT2D eigenvalue weighted by atomic mass is 10.1. The largest absolute Gasteiger partial charge is 0.497 e. The molecule has 0 fully saturated rings. The molecule has 2 aromatic heterocycles. The van der Waals surface area contributed by atoms with Gasteiger partial charge in [0.15, 0.2) is 0 Å². The molecule has 0 bridgehead atoms. The van der Waals surface area contributed by atoms with Crippen molar-refractivity contribution >= 4 is 15.8 Å². The third-order valence-electron chi connectivity index (χ3n) is 4.64. The molecule has 7 nitrogen and oxygen atoms in total. The number of nitrogens with one attached hydrogen (secondary N) is 1. The van der Waals surface area contributed by atoms with Crippen LogP contribution in [0.4, 0.5) is 0 Å². The van der Waals surface area contributed by atoms with E-state index in [1.807, 2.05) is 13.0 Å². The van der Waals surface area contributed by atoms with Crippen LogP contribution in [-0.4, -0.2) is 30.9 Å². The maximum absolute atomic E-state index is 12.9. The topological polar surface area (TPSA) is 90.3 Å². The van der Waals surface area contributed by atoms with Crippen molar-refractivity contribution < 1.29 is 17.9 Å². The lowest BCUT2D eigenvalue weighted by Crippen LogP contribution is -2.26. The summed E-state index contributed by atoms with van der Waals surface area (Å²) in [6, 6.07) is 12.1. The minimum Gasteiger partial charge on any atom is -0.497 e. The number of rotatable bonds is 8. The van der Waals surface area contributed by atoms with Gasteiger partial charge < -0.3 is 9.30 Å². The Balaban J connectivity index is 1.75. The predicted molar refractivity (Wildman–Crippen MR) is 110 cm³/mol. The van der Waals surface area contributed by atoms with Crippen LogP contribution in [0.25, 0.3) is 0 Å². The molecule has 0 atom stereocenters. The van der Waals surface area contributed by atoms with Gasteiger partial charge in [-0.15, -0.1) is 0 Å². The number of nitrogens with zero attached hydrogens (tertiary/aromatic N) is 2. The molecular weight excluding hydrogens is 390 g/mol. The van der Waals surface area contributed by atoms with Gasteiger partial charge in [-0.05, 0) is 54.4 Å². The Bertz CT molecular complexity index is 1100. The second-order valence-electron chi connectivity index (χ2n) is 6.73. The number of benzene rings is 1. The van der Waals surface area contributed by atoms with Gasteiger partial charge in [0.25, 0.3) is 0 Å². The fraction of sp³-hybridized carbons (Fsp3) is 0.238. The highest BCUT2D eigenvalue weighted by Crippen LogP contribution is 2.20. The van der Waals surface area contributed by atoms with Crippen LogP contribution in [-0.2, 0) is 29.4 Å². The Morgan fingerprint density at radius 2 is 1.93 bits per heavy atom. The predicted octanol–water partition coefficient (Wildman–Crippen LogP) is 2.59. The summed E-state index contributed by atoms with van der Waals surface area (Å²) in [5, 5.41) is 0. The lowest BCUT2D eigenvalue weighted by molar-refractivity contribution is 0.103. The molecule has 152 valence electrons. The highest BCUT2D eigenvalue weighted by atomic mass is 32.2. The number of hydrogen-bond acceptors (Lipinski definition) is 5. The van der Waals surface area contributed by atoms with Gasteiger partial charge in [0.2, 0.25) is 15.8 Å². The first-order valence-corrected chi connectivity index (χ1v) is 10.7. The molecule has 0 unspecified atom stereocenters. The Labute approximate surface area is 170 Å². The highest BCUT2D eigenvalue weighted by molar-refractivity contribution is 7.88. The van der Waals surface area contributed by atoms with Gasteiger partial charge in [-0.2, -0.15) is 0 Å². The van der Waals surface area contributed by atoms with Crippen LogP contribution < -0.4 is 9.46 Å². The summed E-state index contributed by atoms with van der Waals surface area (Å²) in [5.41, 5.74) is 3.16. The minimum absolute atomic E-state index is 0.0931. The Hall–Kier alpha value is -2.97. The fourth-order valence-electron chi connectivity index (χ4n) is 3.14. The van der Waals surface area contributed by atoms with Gasteiger partial charge in [0.05, 0.1) is 25.1 Å². The summed E-state index contributed by atoms with van der Waals surface area (Å²) in [5.74, 6) is 0.396. The van der Waals surface area contributed by atoms with E-state index in [1.165, 1.54) is 6.20 Å². The van der Waals surface area contributed by atoms with E-state index >= 15 is 0 Å². The molecule has 0 saturated heterocycles. The van der Waals surface area contributed by atoms with Crippen molar-refractivity contribution in [3.63, 3.8) is 0 Å². The van der Waals surface area contributed by atoms with E-state index in [4.69, 9.17) is 4.74 Å². The second-order valence-corrected chi connectivity index (χ2v) is 8.53.